The Kier molecular flexibility index (Phi) is 5.43. The SMILES string of the molecule is CCOc1ccc(NC(C)Cc2ccccc2OC)cn1. The van der Waals surface area contributed by atoms with Crippen LogP contribution in [0.15, 0.2) is 42.6 Å². The van der Waals surface area contributed by atoms with E-state index in [2.05, 4.69) is 23.3 Å². The second kappa shape index (κ2) is 7.53. The van der Waals surface area contributed by atoms with Crippen LogP contribution in [0.2, 0.25) is 0 Å². The van der Waals surface area contributed by atoms with Gasteiger partial charge in [-0.25, -0.2) is 4.98 Å². The van der Waals surface area contributed by atoms with Crippen LogP contribution < -0.4 is 14.8 Å². The van der Waals surface area contributed by atoms with Crippen LogP contribution in [-0.4, -0.2) is 24.7 Å². The van der Waals surface area contributed by atoms with E-state index < -0.39 is 0 Å². The molecule has 0 amide bonds. The summed E-state index contributed by atoms with van der Waals surface area (Å²) in [7, 11) is 1.70. The van der Waals surface area contributed by atoms with Crippen molar-refractivity contribution in [2.45, 2.75) is 26.3 Å². The highest BCUT2D eigenvalue weighted by Crippen LogP contribution is 2.20. The lowest BCUT2D eigenvalue weighted by Gasteiger charge is -2.17. The van der Waals surface area contributed by atoms with Crippen LogP contribution in [0.3, 0.4) is 0 Å². The fourth-order valence-corrected chi connectivity index (χ4v) is 2.24. The highest BCUT2D eigenvalue weighted by atomic mass is 16.5. The molecule has 1 N–H and O–H groups in total. The van der Waals surface area contributed by atoms with E-state index in [1.807, 2.05) is 37.3 Å². The van der Waals surface area contributed by atoms with Crippen molar-refractivity contribution < 1.29 is 9.47 Å². The molecule has 0 fully saturated rings. The van der Waals surface area contributed by atoms with Crippen molar-refractivity contribution >= 4 is 5.69 Å². The van der Waals surface area contributed by atoms with Gasteiger partial charge < -0.3 is 14.8 Å². The number of methoxy groups -OCH3 is 1. The van der Waals surface area contributed by atoms with Gasteiger partial charge >= 0.3 is 0 Å². The molecule has 4 nitrogen and oxygen atoms in total. The number of aromatic nitrogens is 1. The van der Waals surface area contributed by atoms with Gasteiger partial charge in [-0.3, -0.25) is 0 Å². The van der Waals surface area contributed by atoms with Gasteiger partial charge in [0.2, 0.25) is 5.88 Å². The van der Waals surface area contributed by atoms with Crippen LogP contribution in [0.1, 0.15) is 19.4 Å². The molecule has 0 saturated carbocycles. The van der Waals surface area contributed by atoms with Crippen LogP contribution in [0, 0.1) is 0 Å². The van der Waals surface area contributed by atoms with E-state index in [-0.39, 0.29) is 6.04 Å². The first-order valence-electron chi connectivity index (χ1n) is 7.20. The van der Waals surface area contributed by atoms with Crippen molar-refractivity contribution in [3.63, 3.8) is 0 Å². The number of hydrogen-bond donors (Lipinski definition) is 1. The molecular formula is C17H22N2O2. The van der Waals surface area contributed by atoms with E-state index in [4.69, 9.17) is 9.47 Å². The van der Waals surface area contributed by atoms with Crippen LogP contribution in [0.4, 0.5) is 5.69 Å². The predicted octanol–water partition coefficient (Wildman–Crippen LogP) is 3.53. The molecule has 0 saturated heterocycles. The van der Waals surface area contributed by atoms with Crippen molar-refractivity contribution in [3.05, 3.63) is 48.2 Å². The molecule has 2 aromatic rings. The molecule has 112 valence electrons. The minimum atomic E-state index is 0.279. The quantitative estimate of drug-likeness (QED) is 0.845. The molecular weight excluding hydrogens is 264 g/mol. The zero-order chi connectivity index (χ0) is 15.1. The second-order valence-electron chi connectivity index (χ2n) is 4.88. The topological polar surface area (TPSA) is 43.4 Å². The molecule has 1 unspecified atom stereocenters. The van der Waals surface area contributed by atoms with E-state index in [1.165, 1.54) is 5.56 Å². The molecule has 0 bridgehead atoms. The summed E-state index contributed by atoms with van der Waals surface area (Å²) >= 11 is 0. The molecule has 0 aliphatic carbocycles. The van der Waals surface area contributed by atoms with Gasteiger partial charge in [-0.05, 0) is 38.0 Å². The van der Waals surface area contributed by atoms with Crippen LogP contribution in [0.25, 0.3) is 0 Å². The minimum Gasteiger partial charge on any atom is -0.496 e. The predicted molar refractivity (Wildman–Crippen MR) is 85.2 cm³/mol. The molecule has 1 aromatic heterocycles. The Bertz CT molecular complexity index is 555. The first kappa shape index (κ1) is 15.2. The Hall–Kier alpha value is -2.23. The molecule has 1 heterocycles. The molecule has 21 heavy (non-hydrogen) atoms. The maximum atomic E-state index is 5.38. The van der Waals surface area contributed by atoms with Crippen molar-refractivity contribution in [1.29, 1.82) is 0 Å². The minimum absolute atomic E-state index is 0.279. The Labute approximate surface area is 126 Å². The van der Waals surface area contributed by atoms with Gasteiger partial charge in [0, 0.05) is 12.1 Å². The lowest BCUT2D eigenvalue weighted by atomic mass is 10.1. The third kappa shape index (κ3) is 4.38. The van der Waals surface area contributed by atoms with E-state index >= 15 is 0 Å². The first-order chi connectivity index (χ1) is 10.2. The third-order valence-electron chi connectivity index (χ3n) is 3.16. The molecule has 0 spiro atoms. The number of para-hydroxylation sites is 1. The summed E-state index contributed by atoms with van der Waals surface area (Å²) in [6.07, 6.45) is 2.68. The average molecular weight is 286 g/mol. The fraction of sp³-hybridized carbons (Fsp3) is 0.353. The van der Waals surface area contributed by atoms with Crippen LogP contribution >= 0.6 is 0 Å². The van der Waals surface area contributed by atoms with Gasteiger partial charge in [-0.15, -0.1) is 0 Å². The lowest BCUT2D eigenvalue weighted by molar-refractivity contribution is 0.327. The molecule has 0 radical (unpaired) electrons. The van der Waals surface area contributed by atoms with Gasteiger partial charge in [0.1, 0.15) is 5.75 Å². The summed E-state index contributed by atoms with van der Waals surface area (Å²) < 4.78 is 10.7. The smallest absolute Gasteiger partial charge is 0.213 e. The van der Waals surface area contributed by atoms with Crippen molar-refractivity contribution in [3.8, 4) is 11.6 Å². The zero-order valence-electron chi connectivity index (χ0n) is 12.8. The molecule has 1 atom stereocenters. The number of rotatable bonds is 7. The summed E-state index contributed by atoms with van der Waals surface area (Å²) in [5.74, 6) is 1.58. The van der Waals surface area contributed by atoms with E-state index in [1.54, 1.807) is 13.3 Å². The maximum Gasteiger partial charge on any atom is 0.213 e. The van der Waals surface area contributed by atoms with E-state index in [9.17, 15) is 0 Å². The zero-order valence-corrected chi connectivity index (χ0v) is 12.8. The number of ether oxygens (including phenoxy) is 2. The Morgan fingerprint density at radius 3 is 2.67 bits per heavy atom. The molecule has 2 rings (SSSR count). The number of benzene rings is 1. The highest BCUT2D eigenvalue weighted by Gasteiger charge is 2.08. The fourth-order valence-electron chi connectivity index (χ4n) is 2.24. The van der Waals surface area contributed by atoms with Crippen molar-refractivity contribution in [2.75, 3.05) is 19.0 Å². The van der Waals surface area contributed by atoms with Crippen molar-refractivity contribution in [2.24, 2.45) is 0 Å². The maximum absolute atomic E-state index is 5.38. The summed E-state index contributed by atoms with van der Waals surface area (Å²) in [5, 5.41) is 3.44. The largest absolute Gasteiger partial charge is 0.496 e. The van der Waals surface area contributed by atoms with Gasteiger partial charge in [-0.2, -0.15) is 0 Å². The van der Waals surface area contributed by atoms with E-state index in [0.29, 0.717) is 12.5 Å². The molecule has 4 heteroatoms. The molecule has 0 aliphatic rings. The standard InChI is InChI=1S/C17H22N2O2/c1-4-21-17-10-9-15(12-18-17)19-13(2)11-14-7-5-6-8-16(14)20-3/h5-10,12-13,19H,4,11H2,1-3H3. The Morgan fingerprint density at radius 2 is 2.00 bits per heavy atom. The Balaban J connectivity index is 1.96. The lowest BCUT2D eigenvalue weighted by Crippen LogP contribution is -2.18. The van der Waals surface area contributed by atoms with Gasteiger partial charge in [-0.1, -0.05) is 18.2 Å². The molecule has 1 aromatic carbocycles. The third-order valence-corrected chi connectivity index (χ3v) is 3.16. The van der Waals surface area contributed by atoms with Crippen LogP contribution in [-0.2, 0) is 6.42 Å². The van der Waals surface area contributed by atoms with E-state index in [0.717, 1.165) is 17.9 Å². The normalized spacial score (nSPS) is 11.8. The number of hydrogen-bond acceptors (Lipinski definition) is 4. The van der Waals surface area contributed by atoms with Gasteiger partial charge in [0.05, 0.1) is 25.6 Å². The van der Waals surface area contributed by atoms with Gasteiger partial charge in [0.25, 0.3) is 0 Å². The average Bonchev–Trinajstić information content (AvgIpc) is 2.50. The van der Waals surface area contributed by atoms with Crippen molar-refractivity contribution in [1.82, 2.24) is 4.98 Å². The number of pyridine rings is 1. The summed E-state index contributed by atoms with van der Waals surface area (Å²) in [6.45, 7) is 4.72. The number of anilines is 1. The highest BCUT2D eigenvalue weighted by molar-refractivity contribution is 5.44. The molecule has 0 aliphatic heterocycles. The van der Waals surface area contributed by atoms with Gasteiger partial charge in [0.15, 0.2) is 0 Å². The number of nitrogens with one attached hydrogen (secondary N) is 1. The second-order valence-corrected chi connectivity index (χ2v) is 4.88. The summed E-state index contributed by atoms with van der Waals surface area (Å²) in [6, 6.07) is 12.2. The Morgan fingerprint density at radius 1 is 1.19 bits per heavy atom. The number of nitrogens with zero attached hydrogens (tertiary/aromatic N) is 1. The summed E-state index contributed by atoms with van der Waals surface area (Å²) in [5.41, 5.74) is 2.18. The summed E-state index contributed by atoms with van der Waals surface area (Å²) in [4.78, 5) is 4.25. The monoisotopic (exact) mass is 286 g/mol. The van der Waals surface area contributed by atoms with Crippen LogP contribution in [0.5, 0.6) is 11.6 Å². The first-order valence-corrected chi connectivity index (χ1v) is 7.20.